The van der Waals surface area contributed by atoms with Crippen molar-refractivity contribution < 1.29 is 14.3 Å². The number of nitrogens with zero attached hydrogens (tertiary/aromatic N) is 3. The van der Waals surface area contributed by atoms with Gasteiger partial charge in [-0.25, -0.2) is 4.99 Å². The van der Waals surface area contributed by atoms with E-state index >= 15 is 0 Å². The summed E-state index contributed by atoms with van der Waals surface area (Å²) in [7, 11) is 1.63. The lowest BCUT2D eigenvalue weighted by atomic mass is 9.76. The minimum absolute atomic E-state index is 0.174. The number of carbonyl (C=O) groups excluding carboxylic acids is 1. The maximum absolute atomic E-state index is 13.4. The predicted molar refractivity (Wildman–Crippen MR) is 106 cm³/mol. The van der Waals surface area contributed by atoms with Gasteiger partial charge in [-0.3, -0.25) is 9.69 Å². The molecule has 1 unspecified atom stereocenters. The molecule has 2 aromatic carbocycles. The van der Waals surface area contributed by atoms with Gasteiger partial charge in [0.2, 0.25) is 5.54 Å². The Morgan fingerprint density at radius 1 is 1.28 bits per heavy atom. The number of guanidine groups is 1. The number of hydrogen-bond acceptors (Lipinski definition) is 6. The molecule has 0 saturated carbocycles. The molecule has 2 aromatic rings. The summed E-state index contributed by atoms with van der Waals surface area (Å²) in [6, 6.07) is 15.2. The molecule has 0 radical (unpaired) electrons. The summed E-state index contributed by atoms with van der Waals surface area (Å²) in [5.41, 5.74) is 7.78. The predicted octanol–water partition coefficient (Wildman–Crippen LogP) is 2.15. The third kappa shape index (κ3) is 2.46. The third-order valence-electron chi connectivity index (χ3n) is 5.94. The second-order valence-corrected chi connectivity index (χ2v) is 7.59. The Morgan fingerprint density at radius 3 is 2.86 bits per heavy atom. The minimum Gasteiger partial charge on any atom is -0.487 e. The Kier molecular flexibility index (Phi) is 3.86. The topological polar surface area (TPSA) is 101 Å². The second kappa shape index (κ2) is 6.33. The number of nitrogens with two attached hydrogens (primary N) is 1. The number of ether oxygens (including phenoxy) is 2. The molecule has 0 aromatic heterocycles. The highest BCUT2D eigenvalue weighted by molar-refractivity contribution is 6.08. The van der Waals surface area contributed by atoms with Crippen molar-refractivity contribution in [3.05, 3.63) is 53.6 Å². The molecule has 5 rings (SSSR count). The summed E-state index contributed by atoms with van der Waals surface area (Å²) in [5, 5.41) is 9.22. The Balaban J connectivity index is 1.72. The average molecular weight is 388 g/mol. The zero-order chi connectivity index (χ0) is 20.2. The largest absolute Gasteiger partial charge is 0.487 e. The molecule has 1 fully saturated rings. The van der Waals surface area contributed by atoms with E-state index in [1.165, 1.54) is 4.90 Å². The number of nitriles is 1. The first-order valence-electron chi connectivity index (χ1n) is 9.61. The van der Waals surface area contributed by atoms with Crippen LogP contribution in [0.5, 0.6) is 5.75 Å². The molecular formula is C22H20N4O3. The van der Waals surface area contributed by atoms with E-state index in [1.807, 2.05) is 36.4 Å². The molecule has 3 heterocycles. The van der Waals surface area contributed by atoms with E-state index in [4.69, 9.17) is 15.2 Å². The molecule has 0 bridgehead atoms. The molecule has 3 aliphatic heterocycles. The van der Waals surface area contributed by atoms with Gasteiger partial charge in [-0.05, 0) is 48.2 Å². The van der Waals surface area contributed by atoms with Crippen LogP contribution in [-0.4, -0.2) is 42.6 Å². The van der Waals surface area contributed by atoms with E-state index in [1.54, 1.807) is 13.1 Å². The number of carbonyl (C=O) groups is 1. The van der Waals surface area contributed by atoms with Crippen LogP contribution in [0.1, 0.15) is 24.0 Å². The fourth-order valence-electron chi connectivity index (χ4n) is 4.48. The monoisotopic (exact) mass is 388 g/mol. The van der Waals surface area contributed by atoms with Crippen molar-refractivity contribution in [1.82, 2.24) is 4.90 Å². The van der Waals surface area contributed by atoms with Crippen LogP contribution < -0.4 is 10.5 Å². The molecule has 7 heteroatoms. The number of likely N-dealkylation sites (N-methyl/N-ethyl adjacent to an activating group) is 1. The number of benzene rings is 2. The van der Waals surface area contributed by atoms with Crippen LogP contribution in [0, 0.1) is 11.3 Å². The zero-order valence-corrected chi connectivity index (χ0v) is 16.0. The number of aliphatic imine (C=N–C) groups is 1. The number of rotatable bonds is 1. The van der Waals surface area contributed by atoms with E-state index in [-0.39, 0.29) is 18.0 Å². The van der Waals surface area contributed by atoms with Gasteiger partial charge in [-0.15, -0.1) is 0 Å². The molecule has 0 aliphatic carbocycles. The van der Waals surface area contributed by atoms with Gasteiger partial charge in [0.05, 0.1) is 11.6 Å². The molecule has 2 N–H and O–H groups in total. The zero-order valence-electron chi connectivity index (χ0n) is 16.0. The van der Waals surface area contributed by atoms with Crippen molar-refractivity contribution in [3.8, 4) is 22.9 Å². The van der Waals surface area contributed by atoms with E-state index in [0.29, 0.717) is 23.5 Å². The normalized spacial score (nSPS) is 27.7. The highest BCUT2D eigenvalue weighted by atomic mass is 16.5. The van der Waals surface area contributed by atoms with Crippen molar-refractivity contribution in [2.45, 2.75) is 30.6 Å². The number of hydrogen-bond donors (Lipinski definition) is 1. The summed E-state index contributed by atoms with van der Waals surface area (Å²) < 4.78 is 12.3. The Bertz CT molecular complexity index is 1090. The van der Waals surface area contributed by atoms with Gasteiger partial charge in [0, 0.05) is 19.2 Å². The molecule has 1 spiro atoms. The average Bonchev–Trinajstić information content (AvgIpc) is 2.98. The van der Waals surface area contributed by atoms with Gasteiger partial charge < -0.3 is 15.2 Å². The summed E-state index contributed by atoms with van der Waals surface area (Å²) in [5.74, 6) is 0.587. The maximum Gasteiger partial charge on any atom is 0.264 e. The standard InChI is InChI=1S/C22H20N4O3/c1-26-20(27)22(25-21(26)24)16-11-15(14-5-2-4-13(10-14)12-23)7-8-17(16)29-18-6-3-9-28-19(18)22/h2,4-5,7-8,10-11,18-19H,3,6,9H2,1H3,(H2,24,25)/t18?,19-,22-/m0/s1. The lowest BCUT2D eigenvalue weighted by molar-refractivity contribution is -0.151. The Labute approximate surface area is 168 Å². The molecule has 1 amide bonds. The first-order valence-corrected chi connectivity index (χ1v) is 9.61. The Hall–Kier alpha value is -3.37. The van der Waals surface area contributed by atoms with Crippen LogP contribution in [-0.2, 0) is 15.1 Å². The van der Waals surface area contributed by atoms with Crippen molar-refractivity contribution in [2.75, 3.05) is 13.7 Å². The van der Waals surface area contributed by atoms with Gasteiger partial charge >= 0.3 is 0 Å². The molecule has 1 saturated heterocycles. The van der Waals surface area contributed by atoms with Gasteiger partial charge in [-0.1, -0.05) is 18.2 Å². The third-order valence-corrected chi connectivity index (χ3v) is 5.94. The van der Waals surface area contributed by atoms with E-state index < -0.39 is 11.6 Å². The second-order valence-electron chi connectivity index (χ2n) is 7.59. The van der Waals surface area contributed by atoms with Crippen molar-refractivity contribution in [1.29, 1.82) is 5.26 Å². The highest BCUT2D eigenvalue weighted by Gasteiger charge is 2.61. The molecule has 3 atom stereocenters. The fourth-order valence-corrected chi connectivity index (χ4v) is 4.48. The summed E-state index contributed by atoms with van der Waals surface area (Å²) in [6.45, 7) is 0.554. The van der Waals surface area contributed by atoms with Crippen LogP contribution in [0.3, 0.4) is 0 Å². The maximum atomic E-state index is 13.4. The number of fused-ring (bicyclic) bond motifs is 4. The quantitative estimate of drug-likeness (QED) is 0.807. The molecular weight excluding hydrogens is 368 g/mol. The van der Waals surface area contributed by atoms with Crippen molar-refractivity contribution in [3.63, 3.8) is 0 Å². The summed E-state index contributed by atoms with van der Waals surface area (Å²) in [4.78, 5) is 19.4. The van der Waals surface area contributed by atoms with Gasteiger partial charge in [0.25, 0.3) is 5.91 Å². The molecule has 3 aliphatic rings. The van der Waals surface area contributed by atoms with Crippen molar-refractivity contribution in [2.24, 2.45) is 10.7 Å². The molecule has 7 nitrogen and oxygen atoms in total. The smallest absolute Gasteiger partial charge is 0.264 e. The van der Waals surface area contributed by atoms with Gasteiger partial charge in [0.15, 0.2) is 5.96 Å². The van der Waals surface area contributed by atoms with E-state index in [9.17, 15) is 10.1 Å². The minimum atomic E-state index is -1.25. The van der Waals surface area contributed by atoms with Crippen LogP contribution >= 0.6 is 0 Å². The first-order chi connectivity index (χ1) is 14.0. The van der Waals surface area contributed by atoms with Crippen molar-refractivity contribution >= 4 is 11.9 Å². The molecule has 29 heavy (non-hydrogen) atoms. The lowest BCUT2D eigenvalue weighted by Crippen LogP contribution is -2.58. The van der Waals surface area contributed by atoms with Crippen LogP contribution in [0.4, 0.5) is 0 Å². The van der Waals surface area contributed by atoms with Crippen LogP contribution in [0.2, 0.25) is 0 Å². The van der Waals surface area contributed by atoms with Gasteiger partial charge in [-0.2, -0.15) is 5.26 Å². The fraction of sp³-hybridized carbons (Fsp3) is 0.318. The van der Waals surface area contributed by atoms with Crippen LogP contribution in [0.15, 0.2) is 47.5 Å². The summed E-state index contributed by atoms with van der Waals surface area (Å²) >= 11 is 0. The summed E-state index contributed by atoms with van der Waals surface area (Å²) in [6.07, 6.45) is 0.885. The Morgan fingerprint density at radius 2 is 2.10 bits per heavy atom. The first kappa shape index (κ1) is 17.7. The SMILES string of the molecule is CN1C(=O)[C@]2(N=C1N)c1cc(-c3cccc(C#N)c3)ccc1OC1CCCO[C@@H]12. The van der Waals surface area contributed by atoms with Gasteiger partial charge in [0.1, 0.15) is 18.0 Å². The highest BCUT2D eigenvalue weighted by Crippen LogP contribution is 2.49. The lowest BCUT2D eigenvalue weighted by Gasteiger charge is -2.45. The molecule has 146 valence electrons. The van der Waals surface area contributed by atoms with Crippen LogP contribution in [0.25, 0.3) is 11.1 Å². The number of amides is 1. The van der Waals surface area contributed by atoms with E-state index in [2.05, 4.69) is 11.1 Å². The van der Waals surface area contributed by atoms with E-state index in [0.717, 1.165) is 24.0 Å².